The summed E-state index contributed by atoms with van der Waals surface area (Å²) in [7, 11) is 0. The van der Waals surface area contributed by atoms with Crippen LogP contribution in [0.3, 0.4) is 0 Å². The molecule has 0 aromatic heterocycles. The molecule has 0 saturated carbocycles. The molecule has 1 fully saturated rings. The molecule has 1 amide bonds. The van der Waals surface area contributed by atoms with Crippen LogP contribution >= 0.6 is 0 Å². The van der Waals surface area contributed by atoms with E-state index in [0.717, 1.165) is 31.7 Å². The quantitative estimate of drug-likeness (QED) is 0.840. The lowest BCUT2D eigenvalue weighted by Crippen LogP contribution is -2.27. The van der Waals surface area contributed by atoms with Gasteiger partial charge in [0.2, 0.25) is 0 Å². The Kier molecular flexibility index (Phi) is 5.41. The van der Waals surface area contributed by atoms with Gasteiger partial charge >= 0.3 is 0 Å². The van der Waals surface area contributed by atoms with Crippen LogP contribution in [-0.2, 0) is 4.74 Å². The van der Waals surface area contributed by atoms with Crippen molar-refractivity contribution in [2.75, 3.05) is 25.1 Å². The highest BCUT2D eigenvalue weighted by molar-refractivity contribution is 5.99. The molecule has 1 unspecified atom stereocenters. The Morgan fingerprint density at radius 2 is 2.20 bits per heavy atom. The fourth-order valence-electron chi connectivity index (χ4n) is 2.41. The van der Waals surface area contributed by atoms with Crippen molar-refractivity contribution in [1.82, 2.24) is 5.32 Å². The number of nitrogens with one attached hydrogen (secondary N) is 2. The van der Waals surface area contributed by atoms with Crippen molar-refractivity contribution in [3.63, 3.8) is 0 Å². The highest BCUT2D eigenvalue weighted by atomic mass is 16.5. The number of hydrogen-bond donors (Lipinski definition) is 2. The Morgan fingerprint density at radius 1 is 1.40 bits per heavy atom. The van der Waals surface area contributed by atoms with Crippen LogP contribution in [0.1, 0.15) is 37.0 Å². The zero-order valence-corrected chi connectivity index (χ0v) is 12.3. The SMILES string of the molecule is CC(C)Nc1ccccc1C(=O)NCCC1CCOC1. The molecule has 110 valence electrons. The van der Waals surface area contributed by atoms with Gasteiger partial charge in [-0.3, -0.25) is 4.79 Å². The molecule has 4 heteroatoms. The smallest absolute Gasteiger partial charge is 0.253 e. The third-order valence-electron chi connectivity index (χ3n) is 3.48. The van der Waals surface area contributed by atoms with Gasteiger partial charge < -0.3 is 15.4 Å². The van der Waals surface area contributed by atoms with Gasteiger partial charge in [-0.25, -0.2) is 0 Å². The second-order valence-electron chi connectivity index (χ2n) is 5.62. The van der Waals surface area contributed by atoms with Crippen LogP contribution in [-0.4, -0.2) is 31.7 Å². The molecule has 1 aromatic rings. The maximum absolute atomic E-state index is 12.2. The summed E-state index contributed by atoms with van der Waals surface area (Å²) in [5.41, 5.74) is 1.60. The Labute approximate surface area is 120 Å². The molecule has 1 heterocycles. The first-order valence-electron chi connectivity index (χ1n) is 7.38. The number of rotatable bonds is 6. The Balaban J connectivity index is 1.87. The predicted molar refractivity (Wildman–Crippen MR) is 81.1 cm³/mol. The molecule has 2 N–H and O–H groups in total. The van der Waals surface area contributed by atoms with Gasteiger partial charge in [0.15, 0.2) is 0 Å². The van der Waals surface area contributed by atoms with E-state index in [9.17, 15) is 4.79 Å². The average Bonchev–Trinajstić information content (AvgIpc) is 2.91. The van der Waals surface area contributed by atoms with Gasteiger partial charge in [-0.05, 0) is 44.7 Å². The number of para-hydroxylation sites is 1. The summed E-state index contributed by atoms with van der Waals surface area (Å²) < 4.78 is 5.34. The van der Waals surface area contributed by atoms with Crippen molar-refractivity contribution in [3.8, 4) is 0 Å². The van der Waals surface area contributed by atoms with E-state index in [1.165, 1.54) is 0 Å². The third kappa shape index (κ3) is 4.23. The maximum Gasteiger partial charge on any atom is 0.253 e. The van der Waals surface area contributed by atoms with Crippen molar-refractivity contribution in [2.45, 2.75) is 32.7 Å². The summed E-state index contributed by atoms with van der Waals surface area (Å²) in [5, 5.41) is 6.31. The highest BCUT2D eigenvalue weighted by Crippen LogP contribution is 2.17. The van der Waals surface area contributed by atoms with Gasteiger partial charge in [-0.15, -0.1) is 0 Å². The van der Waals surface area contributed by atoms with Gasteiger partial charge in [0.25, 0.3) is 5.91 Å². The van der Waals surface area contributed by atoms with Crippen molar-refractivity contribution >= 4 is 11.6 Å². The van der Waals surface area contributed by atoms with Crippen LogP contribution in [0.5, 0.6) is 0 Å². The van der Waals surface area contributed by atoms with E-state index in [0.29, 0.717) is 24.1 Å². The molecular formula is C16H24N2O2. The van der Waals surface area contributed by atoms with E-state index in [-0.39, 0.29) is 5.91 Å². The molecule has 0 radical (unpaired) electrons. The monoisotopic (exact) mass is 276 g/mol. The minimum absolute atomic E-state index is 0.00679. The summed E-state index contributed by atoms with van der Waals surface area (Å²) in [6.45, 7) is 6.54. The van der Waals surface area contributed by atoms with Crippen LogP contribution in [0.2, 0.25) is 0 Å². The second-order valence-corrected chi connectivity index (χ2v) is 5.62. The number of carbonyl (C=O) groups excluding carboxylic acids is 1. The second kappa shape index (κ2) is 7.29. The Bertz CT molecular complexity index is 440. The third-order valence-corrected chi connectivity index (χ3v) is 3.48. The molecule has 0 aliphatic carbocycles. The lowest BCUT2D eigenvalue weighted by molar-refractivity contribution is 0.0951. The number of hydrogen-bond acceptors (Lipinski definition) is 3. The molecule has 20 heavy (non-hydrogen) atoms. The van der Waals surface area contributed by atoms with Crippen LogP contribution in [0.25, 0.3) is 0 Å². The molecule has 0 spiro atoms. The van der Waals surface area contributed by atoms with E-state index in [1.54, 1.807) is 0 Å². The van der Waals surface area contributed by atoms with Crippen molar-refractivity contribution in [3.05, 3.63) is 29.8 Å². The summed E-state index contributed by atoms with van der Waals surface area (Å²) in [4.78, 5) is 12.2. The fraction of sp³-hybridized carbons (Fsp3) is 0.562. The van der Waals surface area contributed by atoms with E-state index in [1.807, 2.05) is 24.3 Å². The van der Waals surface area contributed by atoms with Gasteiger partial charge in [0.1, 0.15) is 0 Å². The van der Waals surface area contributed by atoms with Gasteiger partial charge in [0.05, 0.1) is 5.56 Å². The molecule has 2 rings (SSSR count). The largest absolute Gasteiger partial charge is 0.382 e. The van der Waals surface area contributed by atoms with E-state index in [2.05, 4.69) is 24.5 Å². The fourth-order valence-corrected chi connectivity index (χ4v) is 2.41. The predicted octanol–water partition coefficient (Wildman–Crippen LogP) is 2.66. The van der Waals surface area contributed by atoms with Gasteiger partial charge in [-0.2, -0.15) is 0 Å². The van der Waals surface area contributed by atoms with Crippen molar-refractivity contribution < 1.29 is 9.53 Å². The Morgan fingerprint density at radius 3 is 2.90 bits per heavy atom. The summed E-state index contributed by atoms with van der Waals surface area (Å²) >= 11 is 0. The van der Waals surface area contributed by atoms with E-state index < -0.39 is 0 Å². The van der Waals surface area contributed by atoms with Crippen LogP contribution in [0.15, 0.2) is 24.3 Å². The number of carbonyl (C=O) groups is 1. The minimum atomic E-state index is -0.00679. The lowest BCUT2D eigenvalue weighted by atomic mass is 10.1. The first-order chi connectivity index (χ1) is 9.66. The number of anilines is 1. The van der Waals surface area contributed by atoms with E-state index >= 15 is 0 Å². The van der Waals surface area contributed by atoms with E-state index in [4.69, 9.17) is 4.74 Å². The molecular weight excluding hydrogens is 252 g/mol. The topological polar surface area (TPSA) is 50.4 Å². The standard InChI is InChI=1S/C16H24N2O2/c1-12(2)18-15-6-4-3-5-14(15)16(19)17-9-7-13-8-10-20-11-13/h3-6,12-13,18H,7-11H2,1-2H3,(H,17,19). The molecule has 1 saturated heterocycles. The van der Waals surface area contributed by atoms with Crippen molar-refractivity contribution in [2.24, 2.45) is 5.92 Å². The van der Waals surface area contributed by atoms with Crippen LogP contribution in [0, 0.1) is 5.92 Å². The van der Waals surface area contributed by atoms with Gasteiger partial charge in [0, 0.05) is 31.5 Å². The molecule has 1 aliphatic heterocycles. The normalized spacial score (nSPS) is 18.2. The van der Waals surface area contributed by atoms with Crippen LogP contribution in [0.4, 0.5) is 5.69 Å². The molecule has 0 bridgehead atoms. The number of ether oxygens (including phenoxy) is 1. The number of benzene rings is 1. The summed E-state index contributed by atoms with van der Waals surface area (Å²) in [6, 6.07) is 7.95. The molecule has 1 aliphatic rings. The van der Waals surface area contributed by atoms with Crippen LogP contribution < -0.4 is 10.6 Å². The molecule has 1 atom stereocenters. The Hall–Kier alpha value is -1.55. The first kappa shape index (κ1) is 14.9. The molecule has 4 nitrogen and oxygen atoms in total. The lowest BCUT2D eigenvalue weighted by Gasteiger charge is -2.15. The zero-order valence-electron chi connectivity index (χ0n) is 12.3. The van der Waals surface area contributed by atoms with Crippen molar-refractivity contribution in [1.29, 1.82) is 0 Å². The summed E-state index contributed by atoms with van der Waals surface area (Å²) in [5.74, 6) is 0.590. The zero-order chi connectivity index (χ0) is 14.4. The number of amides is 1. The first-order valence-corrected chi connectivity index (χ1v) is 7.38. The summed E-state index contributed by atoms with van der Waals surface area (Å²) in [6.07, 6.45) is 2.10. The van der Waals surface area contributed by atoms with Gasteiger partial charge in [-0.1, -0.05) is 12.1 Å². The minimum Gasteiger partial charge on any atom is -0.382 e. The highest BCUT2D eigenvalue weighted by Gasteiger charge is 2.16. The molecule has 1 aromatic carbocycles. The average molecular weight is 276 g/mol. The maximum atomic E-state index is 12.2.